The maximum Gasteiger partial charge on any atom is 0.407 e. The summed E-state index contributed by atoms with van der Waals surface area (Å²) in [5.74, 6) is -1.38. The van der Waals surface area contributed by atoms with Gasteiger partial charge in [0.15, 0.2) is 5.78 Å². The molecular weight excluding hydrogens is 658 g/mol. The fourth-order valence-electron chi connectivity index (χ4n) is 6.46. The van der Waals surface area contributed by atoms with Crippen LogP contribution in [0.1, 0.15) is 79.0 Å². The topological polar surface area (TPSA) is 87.2 Å². The van der Waals surface area contributed by atoms with Gasteiger partial charge in [0.1, 0.15) is 22.3 Å². The largest absolute Gasteiger partial charge is 0.496 e. The number of methoxy groups -OCH3 is 1. The lowest BCUT2D eigenvalue weighted by atomic mass is 9.87. The zero-order valence-electron chi connectivity index (χ0n) is 27.6. The Labute approximate surface area is 288 Å². The highest BCUT2D eigenvalue weighted by atomic mass is 35.5. The van der Waals surface area contributed by atoms with E-state index in [4.69, 9.17) is 16.3 Å². The van der Waals surface area contributed by atoms with E-state index in [9.17, 15) is 28.3 Å². The first-order valence-electron chi connectivity index (χ1n) is 15.8. The Morgan fingerprint density at radius 3 is 2.15 bits per heavy atom. The van der Waals surface area contributed by atoms with E-state index in [1.165, 1.54) is 18.9 Å². The molecule has 48 heavy (non-hydrogen) atoms. The van der Waals surface area contributed by atoms with Crippen LogP contribution < -0.4 is 4.74 Å². The molecule has 0 aliphatic heterocycles. The highest BCUT2D eigenvalue weighted by Crippen LogP contribution is 2.41. The summed E-state index contributed by atoms with van der Waals surface area (Å²) in [4.78, 5) is 42.0. The predicted octanol–water partition coefficient (Wildman–Crippen LogP) is 9.69. The molecule has 3 aromatic carbocycles. The number of fused-ring (bicyclic) bond motifs is 1. The van der Waals surface area contributed by atoms with Crippen molar-refractivity contribution in [1.29, 1.82) is 0 Å². The summed E-state index contributed by atoms with van der Waals surface area (Å²) >= 11 is 7.43. The Bertz CT molecular complexity index is 1860. The molecule has 1 heterocycles. The second-order valence-corrected chi connectivity index (χ2v) is 14.9. The standard InChI is InChI=1S/C37H39ClF2N2O5S/c1-21(43)22-7-6-8-23(17-22)24-9-16-30(47-5)25(18-24)19-41(26-10-12-27(13-11-26)42(36(45)46)20-37(2,3)4)35(44)34-32(38)31-28(39)14-15-29(40)33(31)48-34/h6-9,14-18,26-27H,10-13,19-20H2,1-5H3,(H,45,46). The Hall–Kier alpha value is -4.02. The number of hydrogen-bond acceptors (Lipinski definition) is 5. The summed E-state index contributed by atoms with van der Waals surface area (Å²) in [6.07, 6.45) is 1.12. The molecule has 7 nitrogen and oxygen atoms in total. The lowest BCUT2D eigenvalue weighted by molar-refractivity contribution is 0.0492. The first-order chi connectivity index (χ1) is 22.7. The molecule has 1 fully saturated rings. The van der Waals surface area contributed by atoms with Crippen LogP contribution in [0, 0.1) is 17.0 Å². The number of thiophene rings is 1. The summed E-state index contributed by atoms with van der Waals surface area (Å²) in [5, 5.41) is 9.75. The van der Waals surface area contributed by atoms with Crippen molar-refractivity contribution in [3.63, 3.8) is 0 Å². The van der Waals surface area contributed by atoms with Crippen molar-refractivity contribution in [2.45, 2.75) is 72.0 Å². The lowest BCUT2D eigenvalue weighted by Gasteiger charge is -2.41. The number of halogens is 3. The van der Waals surface area contributed by atoms with Gasteiger partial charge < -0.3 is 19.6 Å². The third-order valence-electron chi connectivity index (χ3n) is 8.80. The molecule has 1 aliphatic rings. The fraction of sp³-hybridized carbons (Fsp3) is 0.378. The summed E-state index contributed by atoms with van der Waals surface area (Å²) in [6, 6.07) is 14.3. The number of carbonyl (C=O) groups excluding carboxylic acids is 2. The minimum atomic E-state index is -0.974. The normalized spacial score (nSPS) is 16.5. The van der Waals surface area contributed by atoms with Crippen LogP contribution in [-0.4, -0.2) is 58.4 Å². The maximum atomic E-state index is 14.8. The molecule has 1 aromatic heterocycles. The molecule has 1 saturated carbocycles. The van der Waals surface area contributed by atoms with Crippen LogP contribution in [-0.2, 0) is 6.54 Å². The molecule has 0 unspecified atom stereocenters. The predicted molar refractivity (Wildman–Crippen MR) is 185 cm³/mol. The van der Waals surface area contributed by atoms with Crippen molar-refractivity contribution in [3.05, 3.63) is 87.3 Å². The van der Waals surface area contributed by atoms with E-state index < -0.39 is 23.6 Å². The van der Waals surface area contributed by atoms with Gasteiger partial charge in [0.2, 0.25) is 0 Å². The van der Waals surface area contributed by atoms with Crippen molar-refractivity contribution in [2.24, 2.45) is 5.41 Å². The number of rotatable bonds is 9. The zero-order valence-corrected chi connectivity index (χ0v) is 29.2. The van der Waals surface area contributed by atoms with E-state index >= 15 is 0 Å². The molecule has 0 atom stereocenters. The van der Waals surface area contributed by atoms with Crippen molar-refractivity contribution in [3.8, 4) is 16.9 Å². The number of ketones is 1. The first-order valence-corrected chi connectivity index (χ1v) is 17.0. The minimum absolute atomic E-state index is 0.0296. The van der Waals surface area contributed by atoms with Crippen LogP contribution >= 0.6 is 22.9 Å². The van der Waals surface area contributed by atoms with Crippen LogP contribution in [0.25, 0.3) is 21.2 Å². The van der Waals surface area contributed by atoms with Gasteiger partial charge in [0.05, 0.1) is 22.2 Å². The fourth-order valence-corrected chi connectivity index (χ4v) is 7.97. The second-order valence-electron chi connectivity index (χ2n) is 13.5. The van der Waals surface area contributed by atoms with E-state index in [2.05, 4.69) is 0 Å². The molecule has 2 amide bonds. The maximum absolute atomic E-state index is 14.8. The van der Waals surface area contributed by atoms with Gasteiger partial charge in [-0.1, -0.05) is 56.6 Å². The third kappa shape index (κ3) is 7.50. The number of carboxylic acid groups (broad SMARTS) is 1. The monoisotopic (exact) mass is 696 g/mol. The van der Waals surface area contributed by atoms with Gasteiger partial charge in [-0.25, -0.2) is 13.6 Å². The Morgan fingerprint density at radius 2 is 1.56 bits per heavy atom. The molecule has 11 heteroatoms. The number of carbonyl (C=O) groups is 3. The highest BCUT2D eigenvalue weighted by Gasteiger charge is 2.36. The van der Waals surface area contributed by atoms with E-state index in [1.54, 1.807) is 17.0 Å². The first kappa shape index (κ1) is 35.3. The van der Waals surface area contributed by atoms with Crippen LogP contribution in [0.4, 0.5) is 13.6 Å². The molecule has 5 rings (SSSR count). The van der Waals surface area contributed by atoms with Gasteiger partial charge in [0.25, 0.3) is 5.91 Å². The zero-order chi connectivity index (χ0) is 34.9. The van der Waals surface area contributed by atoms with Crippen molar-refractivity contribution < 1.29 is 33.0 Å². The molecular formula is C37H39ClF2N2O5S. The SMILES string of the molecule is COc1ccc(-c2cccc(C(C)=O)c2)cc1CN(C(=O)c1sc2c(F)ccc(F)c2c1Cl)C1CCC(N(CC(C)(C)C)C(=O)O)CC1. The molecule has 0 radical (unpaired) electrons. The van der Waals surface area contributed by atoms with E-state index in [-0.39, 0.29) is 49.8 Å². The summed E-state index contributed by atoms with van der Waals surface area (Å²) < 4.78 is 35.3. The van der Waals surface area contributed by atoms with Crippen LogP contribution in [0.2, 0.25) is 5.02 Å². The summed E-state index contributed by atoms with van der Waals surface area (Å²) in [7, 11) is 1.54. The Balaban J connectivity index is 1.53. The Kier molecular flexibility index (Phi) is 10.5. The summed E-state index contributed by atoms with van der Waals surface area (Å²) in [5.41, 5.74) is 2.65. The molecule has 1 N–H and O–H groups in total. The molecule has 1 aliphatic carbocycles. The van der Waals surface area contributed by atoms with Gasteiger partial charge in [-0.05, 0) is 79.5 Å². The van der Waals surface area contributed by atoms with Crippen molar-refractivity contribution >= 4 is 50.8 Å². The number of nitrogens with zero attached hydrogens (tertiary/aromatic N) is 2. The smallest absolute Gasteiger partial charge is 0.407 e. The number of benzene rings is 3. The van der Waals surface area contributed by atoms with Gasteiger partial charge in [0, 0.05) is 36.3 Å². The molecule has 0 bridgehead atoms. The Morgan fingerprint density at radius 1 is 0.938 bits per heavy atom. The minimum Gasteiger partial charge on any atom is -0.496 e. The van der Waals surface area contributed by atoms with Crippen LogP contribution in [0.15, 0.2) is 54.6 Å². The highest BCUT2D eigenvalue weighted by molar-refractivity contribution is 7.21. The molecule has 0 saturated heterocycles. The van der Waals surface area contributed by atoms with Gasteiger partial charge >= 0.3 is 6.09 Å². The average molecular weight is 697 g/mol. The molecule has 4 aromatic rings. The van der Waals surface area contributed by atoms with Crippen LogP contribution in [0.3, 0.4) is 0 Å². The lowest BCUT2D eigenvalue weighted by Crippen LogP contribution is -2.49. The average Bonchev–Trinajstić information content (AvgIpc) is 3.41. The number of ether oxygens (including phenoxy) is 1. The van der Waals surface area contributed by atoms with Gasteiger partial charge in [-0.2, -0.15) is 0 Å². The van der Waals surface area contributed by atoms with Crippen molar-refractivity contribution in [2.75, 3.05) is 13.7 Å². The van der Waals surface area contributed by atoms with Gasteiger partial charge in [-0.15, -0.1) is 11.3 Å². The van der Waals surface area contributed by atoms with Crippen molar-refractivity contribution in [1.82, 2.24) is 9.80 Å². The number of hydrogen-bond donors (Lipinski definition) is 1. The number of Topliss-reactive ketones (excluding diaryl/α,β-unsaturated/α-hetero) is 1. The summed E-state index contributed by atoms with van der Waals surface area (Å²) in [6.45, 7) is 7.96. The number of amides is 2. The molecule has 0 spiro atoms. The third-order valence-corrected chi connectivity index (χ3v) is 10.5. The van der Waals surface area contributed by atoms with E-state index in [0.29, 0.717) is 49.1 Å². The van der Waals surface area contributed by atoms with E-state index in [1.807, 2.05) is 51.1 Å². The van der Waals surface area contributed by atoms with E-state index in [0.717, 1.165) is 34.6 Å². The van der Waals surface area contributed by atoms with Crippen LogP contribution in [0.5, 0.6) is 5.75 Å². The van der Waals surface area contributed by atoms with Gasteiger partial charge in [-0.3, -0.25) is 9.59 Å². The molecule has 254 valence electrons. The second kappa shape index (κ2) is 14.2. The quantitative estimate of drug-likeness (QED) is 0.176.